The number of halogens is 1. The summed E-state index contributed by atoms with van der Waals surface area (Å²) >= 11 is 6.02. The predicted octanol–water partition coefficient (Wildman–Crippen LogP) is 2.96. The molecule has 0 bridgehead atoms. The number of hydrogen-bond donors (Lipinski definition) is 2. The Kier molecular flexibility index (Phi) is 4.46. The van der Waals surface area contributed by atoms with Crippen molar-refractivity contribution in [3.05, 3.63) is 58.5 Å². The van der Waals surface area contributed by atoms with Gasteiger partial charge in [-0.1, -0.05) is 17.7 Å². The quantitative estimate of drug-likeness (QED) is 0.754. The maximum absolute atomic E-state index is 10.4. The molecule has 3 aromatic rings. The molecule has 1 aliphatic rings. The molecule has 0 aliphatic carbocycles. The number of pyridine rings is 1. The highest BCUT2D eigenvalue weighted by Gasteiger charge is 2.31. The van der Waals surface area contributed by atoms with Gasteiger partial charge in [0, 0.05) is 41.7 Å². The summed E-state index contributed by atoms with van der Waals surface area (Å²) in [5.74, 6) is 0.210. The van der Waals surface area contributed by atoms with E-state index in [0.29, 0.717) is 6.54 Å². The molecular formula is C19H21ClN4O. The third kappa shape index (κ3) is 3.68. The van der Waals surface area contributed by atoms with E-state index in [1.807, 2.05) is 37.3 Å². The molecule has 6 heteroatoms. The summed E-state index contributed by atoms with van der Waals surface area (Å²) in [6.07, 6.45) is 0.474. The van der Waals surface area contributed by atoms with Gasteiger partial charge in [0.15, 0.2) is 0 Å². The van der Waals surface area contributed by atoms with Crippen molar-refractivity contribution in [1.82, 2.24) is 20.1 Å². The second kappa shape index (κ2) is 6.75. The van der Waals surface area contributed by atoms with Crippen molar-refractivity contribution in [2.45, 2.75) is 26.0 Å². The lowest BCUT2D eigenvalue weighted by atomic mass is 10.0. The lowest BCUT2D eigenvalue weighted by Crippen LogP contribution is -2.22. The first kappa shape index (κ1) is 16.5. The smallest absolute Gasteiger partial charge is 0.0711 e. The Morgan fingerprint density at radius 3 is 2.88 bits per heavy atom. The zero-order chi connectivity index (χ0) is 17.4. The number of β-amino-alcohol motifs (C(OH)–C–C–N with tert-alkyl or cyclic N) is 1. The van der Waals surface area contributed by atoms with Gasteiger partial charge in [-0.25, -0.2) is 0 Å². The minimum atomic E-state index is -0.323. The Balaban J connectivity index is 1.43. The second-order valence-corrected chi connectivity index (χ2v) is 7.34. The van der Waals surface area contributed by atoms with Gasteiger partial charge in [-0.3, -0.25) is 15.0 Å². The number of aryl methyl sites for hydroxylation is 1. The monoisotopic (exact) mass is 356 g/mol. The zero-order valence-corrected chi connectivity index (χ0v) is 14.9. The van der Waals surface area contributed by atoms with Crippen LogP contribution in [0.3, 0.4) is 0 Å². The van der Waals surface area contributed by atoms with E-state index in [9.17, 15) is 5.11 Å². The van der Waals surface area contributed by atoms with E-state index in [1.54, 1.807) is 0 Å². The molecule has 0 radical (unpaired) electrons. The number of nitrogens with one attached hydrogen (secondary N) is 1. The Labute approximate surface area is 151 Å². The lowest BCUT2D eigenvalue weighted by Gasteiger charge is -2.15. The molecule has 1 aromatic carbocycles. The number of hydrogen-bond acceptors (Lipinski definition) is 4. The number of benzene rings is 1. The van der Waals surface area contributed by atoms with Crippen LogP contribution in [-0.4, -0.2) is 44.4 Å². The fourth-order valence-corrected chi connectivity index (χ4v) is 3.76. The number of likely N-dealkylation sites (tertiary alicyclic amines) is 1. The van der Waals surface area contributed by atoms with Crippen LogP contribution in [0.25, 0.3) is 10.9 Å². The number of nitrogens with zero attached hydrogens (tertiary/aromatic N) is 3. The minimum Gasteiger partial charge on any atom is -0.391 e. The Morgan fingerprint density at radius 1 is 1.20 bits per heavy atom. The average Bonchev–Trinajstić information content (AvgIpc) is 3.13. The molecule has 1 fully saturated rings. The van der Waals surface area contributed by atoms with E-state index in [0.717, 1.165) is 52.5 Å². The molecule has 0 spiro atoms. The molecule has 2 N–H and O–H groups in total. The summed E-state index contributed by atoms with van der Waals surface area (Å²) < 4.78 is 0. The molecule has 25 heavy (non-hydrogen) atoms. The summed E-state index contributed by atoms with van der Waals surface area (Å²) in [5.41, 5.74) is 4.03. The molecule has 5 nitrogen and oxygen atoms in total. The fraction of sp³-hybridized carbons (Fsp3) is 0.368. The molecule has 0 amide bonds. The SMILES string of the molecule is Cc1cc(C[C@@H]2CN(Cc3ccc4cc(Cl)ccc4n3)C[C@H]2O)n[nH]1. The fourth-order valence-electron chi connectivity index (χ4n) is 3.57. The maximum atomic E-state index is 10.4. The number of aromatic amines is 1. The normalized spacial score (nSPS) is 21.2. The molecule has 0 saturated carbocycles. The Bertz CT molecular complexity index is 894. The van der Waals surface area contributed by atoms with Crippen molar-refractivity contribution >= 4 is 22.5 Å². The summed E-state index contributed by atoms with van der Waals surface area (Å²) in [7, 11) is 0. The topological polar surface area (TPSA) is 65.0 Å². The maximum Gasteiger partial charge on any atom is 0.0711 e. The van der Waals surface area contributed by atoms with Gasteiger partial charge in [-0.15, -0.1) is 0 Å². The van der Waals surface area contributed by atoms with Gasteiger partial charge < -0.3 is 5.11 Å². The summed E-state index contributed by atoms with van der Waals surface area (Å²) in [5, 5.41) is 19.4. The first-order valence-corrected chi connectivity index (χ1v) is 8.91. The number of aliphatic hydroxyl groups excluding tert-OH is 1. The van der Waals surface area contributed by atoms with Crippen LogP contribution in [0, 0.1) is 12.8 Å². The Morgan fingerprint density at radius 2 is 2.08 bits per heavy atom. The molecule has 0 unspecified atom stereocenters. The third-order valence-electron chi connectivity index (χ3n) is 4.81. The van der Waals surface area contributed by atoms with Gasteiger partial charge in [-0.05, 0) is 43.7 Å². The largest absolute Gasteiger partial charge is 0.391 e. The summed E-state index contributed by atoms with van der Waals surface area (Å²) in [6, 6.07) is 11.9. The van der Waals surface area contributed by atoms with Gasteiger partial charge >= 0.3 is 0 Å². The van der Waals surface area contributed by atoms with Crippen LogP contribution in [0.4, 0.5) is 0 Å². The number of fused-ring (bicyclic) bond motifs is 1. The predicted molar refractivity (Wildman–Crippen MR) is 98.6 cm³/mol. The minimum absolute atomic E-state index is 0.210. The van der Waals surface area contributed by atoms with Crippen molar-refractivity contribution < 1.29 is 5.11 Å². The highest BCUT2D eigenvalue weighted by molar-refractivity contribution is 6.31. The van der Waals surface area contributed by atoms with Crippen molar-refractivity contribution in [2.24, 2.45) is 5.92 Å². The van der Waals surface area contributed by atoms with Crippen LogP contribution in [-0.2, 0) is 13.0 Å². The van der Waals surface area contributed by atoms with Crippen LogP contribution >= 0.6 is 11.6 Å². The van der Waals surface area contributed by atoms with E-state index in [2.05, 4.69) is 21.2 Å². The van der Waals surface area contributed by atoms with E-state index >= 15 is 0 Å². The molecule has 4 rings (SSSR count). The summed E-state index contributed by atoms with van der Waals surface area (Å²) in [6.45, 7) is 4.26. The van der Waals surface area contributed by atoms with Crippen molar-refractivity contribution in [2.75, 3.05) is 13.1 Å². The molecule has 130 valence electrons. The standard InChI is InChI=1S/C19H21ClN4O/c1-12-6-17(23-22-12)8-14-9-24(11-19(14)25)10-16-4-2-13-7-15(20)3-5-18(13)21-16/h2-7,14,19,25H,8-11H2,1H3,(H,22,23)/t14-,19-/m1/s1. The number of aliphatic hydroxyl groups is 1. The van der Waals surface area contributed by atoms with Crippen LogP contribution in [0.1, 0.15) is 17.1 Å². The zero-order valence-electron chi connectivity index (χ0n) is 14.1. The first-order chi connectivity index (χ1) is 12.1. The molecule has 2 aromatic heterocycles. The highest BCUT2D eigenvalue weighted by atomic mass is 35.5. The van der Waals surface area contributed by atoms with Crippen LogP contribution in [0.2, 0.25) is 5.02 Å². The number of rotatable bonds is 4. The van der Waals surface area contributed by atoms with E-state index in [4.69, 9.17) is 16.6 Å². The lowest BCUT2D eigenvalue weighted by molar-refractivity contribution is 0.140. The van der Waals surface area contributed by atoms with E-state index in [1.165, 1.54) is 0 Å². The van der Waals surface area contributed by atoms with Crippen molar-refractivity contribution in [3.8, 4) is 0 Å². The van der Waals surface area contributed by atoms with E-state index in [-0.39, 0.29) is 12.0 Å². The van der Waals surface area contributed by atoms with Gasteiger partial charge in [0.1, 0.15) is 0 Å². The van der Waals surface area contributed by atoms with Gasteiger partial charge in [0.2, 0.25) is 0 Å². The number of aromatic nitrogens is 3. The molecule has 1 aliphatic heterocycles. The first-order valence-electron chi connectivity index (χ1n) is 8.53. The number of H-pyrrole nitrogens is 1. The highest BCUT2D eigenvalue weighted by Crippen LogP contribution is 2.24. The van der Waals surface area contributed by atoms with Crippen LogP contribution in [0.5, 0.6) is 0 Å². The van der Waals surface area contributed by atoms with Gasteiger partial charge in [-0.2, -0.15) is 5.10 Å². The molecular weight excluding hydrogens is 336 g/mol. The Hall–Kier alpha value is -1.95. The van der Waals surface area contributed by atoms with Gasteiger partial charge in [0.05, 0.1) is 23.0 Å². The average molecular weight is 357 g/mol. The van der Waals surface area contributed by atoms with Gasteiger partial charge in [0.25, 0.3) is 0 Å². The molecule has 3 heterocycles. The summed E-state index contributed by atoms with van der Waals surface area (Å²) in [4.78, 5) is 6.98. The van der Waals surface area contributed by atoms with Crippen molar-refractivity contribution in [1.29, 1.82) is 0 Å². The van der Waals surface area contributed by atoms with Crippen LogP contribution < -0.4 is 0 Å². The third-order valence-corrected chi connectivity index (χ3v) is 5.04. The van der Waals surface area contributed by atoms with Crippen LogP contribution in [0.15, 0.2) is 36.4 Å². The van der Waals surface area contributed by atoms with E-state index < -0.39 is 0 Å². The second-order valence-electron chi connectivity index (χ2n) is 6.91. The molecule has 1 saturated heterocycles. The van der Waals surface area contributed by atoms with Crippen molar-refractivity contribution in [3.63, 3.8) is 0 Å². The molecule has 2 atom stereocenters.